The number of rotatable bonds is 3. The Morgan fingerprint density at radius 1 is 1.21 bits per heavy atom. The summed E-state index contributed by atoms with van der Waals surface area (Å²) in [5.74, 6) is 0.975. The number of pyridine rings is 1. The second-order valence-electron chi connectivity index (χ2n) is 6.30. The summed E-state index contributed by atoms with van der Waals surface area (Å²) in [5, 5.41) is 0.650. The van der Waals surface area contributed by atoms with Crippen molar-refractivity contribution in [1.29, 1.82) is 0 Å². The molecule has 0 radical (unpaired) electrons. The van der Waals surface area contributed by atoms with E-state index in [0.29, 0.717) is 11.6 Å². The summed E-state index contributed by atoms with van der Waals surface area (Å²) in [6.07, 6.45) is 3.87. The van der Waals surface area contributed by atoms with E-state index in [1.165, 1.54) is 0 Å². The number of benzene rings is 1. The van der Waals surface area contributed by atoms with E-state index in [4.69, 9.17) is 22.3 Å². The Kier molecular flexibility index (Phi) is 4.12. The van der Waals surface area contributed by atoms with Crippen LogP contribution in [0.5, 0.6) is 0 Å². The Morgan fingerprint density at radius 3 is 2.88 bits per heavy atom. The quantitative estimate of drug-likeness (QED) is 0.795. The van der Waals surface area contributed by atoms with Gasteiger partial charge in [0.05, 0.1) is 28.3 Å². The number of nitrogens with two attached hydrogens (primary N) is 1. The zero-order chi connectivity index (χ0) is 16.5. The summed E-state index contributed by atoms with van der Waals surface area (Å²) in [6.45, 7) is 2.50. The molecule has 1 fully saturated rings. The lowest BCUT2D eigenvalue weighted by Crippen LogP contribution is -2.44. The smallest absolute Gasteiger partial charge is 0.206 e. The Balaban J connectivity index is 1.76. The molecule has 3 aromatic rings. The molecule has 0 saturated carbocycles. The largest absolute Gasteiger partial charge is 0.341 e. The first kappa shape index (κ1) is 15.4. The molecular formula is C18H20ClN5. The second kappa shape index (κ2) is 6.42. The van der Waals surface area contributed by atoms with E-state index in [2.05, 4.69) is 26.6 Å². The molecule has 1 aromatic carbocycles. The highest BCUT2D eigenvalue weighted by molar-refractivity contribution is 6.30. The van der Waals surface area contributed by atoms with Crippen molar-refractivity contribution < 1.29 is 0 Å². The molecule has 6 heteroatoms. The summed E-state index contributed by atoms with van der Waals surface area (Å²) < 4.78 is 2.23. The number of para-hydroxylation sites is 2. The Morgan fingerprint density at radius 2 is 2.08 bits per heavy atom. The summed E-state index contributed by atoms with van der Waals surface area (Å²) in [6, 6.07) is 12.3. The molecule has 5 nitrogen and oxygen atoms in total. The van der Waals surface area contributed by atoms with Crippen molar-refractivity contribution in [3.63, 3.8) is 0 Å². The van der Waals surface area contributed by atoms with Crippen molar-refractivity contribution in [3.05, 3.63) is 53.3 Å². The van der Waals surface area contributed by atoms with Crippen LogP contribution in [-0.2, 0) is 6.54 Å². The monoisotopic (exact) mass is 341 g/mol. The number of hydrogen-bond acceptors (Lipinski definition) is 4. The van der Waals surface area contributed by atoms with E-state index < -0.39 is 0 Å². The average molecular weight is 342 g/mol. The third-order valence-corrected chi connectivity index (χ3v) is 4.71. The summed E-state index contributed by atoms with van der Waals surface area (Å²) >= 11 is 5.95. The molecule has 0 bridgehead atoms. The minimum absolute atomic E-state index is 0.209. The topological polar surface area (TPSA) is 60.0 Å². The van der Waals surface area contributed by atoms with Gasteiger partial charge in [-0.05, 0) is 37.1 Å². The minimum atomic E-state index is 0.209. The molecular weight excluding hydrogens is 322 g/mol. The number of nitrogens with zero attached hydrogens (tertiary/aromatic N) is 4. The van der Waals surface area contributed by atoms with Gasteiger partial charge < -0.3 is 15.2 Å². The molecule has 0 spiro atoms. The van der Waals surface area contributed by atoms with Crippen LogP contribution < -0.4 is 10.6 Å². The zero-order valence-electron chi connectivity index (χ0n) is 13.4. The fraction of sp³-hybridized carbons (Fsp3) is 0.333. The lowest BCUT2D eigenvalue weighted by Gasteiger charge is -2.32. The van der Waals surface area contributed by atoms with Crippen LogP contribution in [-0.4, -0.2) is 33.7 Å². The van der Waals surface area contributed by atoms with Gasteiger partial charge in [0.2, 0.25) is 5.95 Å². The standard InChI is InChI=1S/C18H20ClN5/c19-13-7-8-15(21-10-13)12-24-17-6-2-1-5-16(17)22-18(24)23-9-3-4-14(20)11-23/h1-2,5-8,10,14H,3-4,9,11-12,20H2/t14-/m0/s1. The number of anilines is 1. The number of aromatic nitrogens is 3. The Hall–Kier alpha value is -2.11. The fourth-order valence-electron chi connectivity index (χ4n) is 3.31. The predicted octanol–water partition coefficient (Wildman–Crippen LogP) is 3.06. The molecule has 1 aliphatic rings. The SMILES string of the molecule is N[C@H]1CCCN(c2nc3ccccc3n2Cc2ccc(Cl)cn2)C1. The summed E-state index contributed by atoms with van der Waals surface area (Å²) in [7, 11) is 0. The van der Waals surface area contributed by atoms with E-state index in [-0.39, 0.29) is 6.04 Å². The Labute approximate surface area is 146 Å². The van der Waals surface area contributed by atoms with Crippen molar-refractivity contribution in [2.45, 2.75) is 25.4 Å². The molecule has 2 N–H and O–H groups in total. The molecule has 3 heterocycles. The van der Waals surface area contributed by atoms with Crippen LogP contribution in [0.4, 0.5) is 5.95 Å². The van der Waals surface area contributed by atoms with Gasteiger partial charge in [-0.2, -0.15) is 0 Å². The lowest BCUT2D eigenvalue weighted by atomic mass is 10.1. The molecule has 1 atom stereocenters. The summed E-state index contributed by atoms with van der Waals surface area (Å²) in [4.78, 5) is 11.6. The molecule has 24 heavy (non-hydrogen) atoms. The Bertz CT molecular complexity index is 842. The molecule has 0 amide bonds. The van der Waals surface area contributed by atoms with Crippen LogP contribution in [0.2, 0.25) is 5.02 Å². The van der Waals surface area contributed by atoms with Crippen LogP contribution in [0.1, 0.15) is 18.5 Å². The molecule has 0 unspecified atom stereocenters. The van der Waals surface area contributed by atoms with Gasteiger partial charge >= 0.3 is 0 Å². The zero-order valence-corrected chi connectivity index (χ0v) is 14.2. The van der Waals surface area contributed by atoms with Crippen molar-refractivity contribution in [2.75, 3.05) is 18.0 Å². The minimum Gasteiger partial charge on any atom is -0.341 e. The van der Waals surface area contributed by atoms with Crippen LogP contribution >= 0.6 is 11.6 Å². The highest BCUT2D eigenvalue weighted by Gasteiger charge is 2.22. The molecule has 124 valence electrons. The van der Waals surface area contributed by atoms with E-state index >= 15 is 0 Å². The van der Waals surface area contributed by atoms with E-state index in [0.717, 1.165) is 48.6 Å². The van der Waals surface area contributed by atoms with Gasteiger partial charge in [0, 0.05) is 25.3 Å². The number of hydrogen-bond donors (Lipinski definition) is 1. The third-order valence-electron chi connectivity index (χ3n) is 4.48. The predicted molar refractivity (Wildman–Crippen MR) is 97.5 cm³/mol. The lowest BCUT2D eigenvalue weighted by molar-refractivity contribution is 0.495. The van der Waals surface area contributed by atoms with Crippen molar-refractivity contribution in [1.82, 2.24) is 14.5 Å². The van der Waals surface area contributed by atoms with E-state index in [9.17, 15) is 0 Å². The maximum Gasteiger partial charge on any atom is 0.206 e. The van der Waals surface area contributed by atoms with Crippen LogP contribution in [0.3, 0.4) is 0 Å². The van der Waals surface area contributed by atoms with Gasteiger partial charge in [0.15, 0.2) is 0 Å². The van der Waals surface area contributed by atoms with Crippen molar-refractivity contribution in [3.8, 4) is 0 Å². The fourth-order valence-corrected chi connectivity index (χ4v) is 3.43. The number of piperidine rings is 1. The first-order valence-electron chi connectivity index (χ1n) is 8.27. The van der Waals surface area contributed by atoms with Gasteiger partial charge in [0.25, 0.3) is 0 Å². The van der Waals surface area contributed by atoms with Crippen molar-refractivity contribution >= 4 is 28.6 Å². The molecule has 1 aliphatic heterocycles. The van der Waals surface area contributed by atoms with Gasteiger partial charge in [-0.1, -0.05) is 23.7 Å². The maximum atomic E-state index is 6.17. The first-order valence-corrected chi connectivity index (χ1v) is 8.65. The molecule has 1 saturated heterocycles. The van der Waals surface area contributed by atoms with Crippen LogP contribution in [0.25, 0.3) is 11.0 Å². The molecule has 0 aliphatic carbocycles. The first-order chi connectivity index (χ1) is 11.7. The van der Waals surface area contributed by atoms with Gasteiger partial charge in [0.1, 0.15) is 0 Å². The van der Waals surface area contributed by atoms with Crippen molar-refractivity contribution in [2.24, 2.45) is 5.73 Å². The normalized spacial score (nSPS) is 18.2. The second-order valence-corrected chi connectivity index (χ2v) is 6.74. The van der Waals surface area contributed by atoms with E-state index in [1.807, 2.05) is 24.3 Å². The maximum absolute atomic E-state index is 6.17. The van der Waals surface area contributed by atoms with Crippen LogP contribution in [0, 0.1) is 0 Å². The molecule has 4 rings (SSSR count). The summed E-state index contributed by atoms with van der Waals surface area (Å²) in [5.41, 5.74) is 9.25. The van der Waals surface area contributed by atoms with Gasteiger partial charge in [-0.3, -0.25) is 4.98 Å². The average Bonchev–Trinajstić information content (AvgIpc) is 2.96. The van der Waals surface area contributed by atoms with Gasteiger partial charge in [-0.25, -0.2) is 4.98 Å². The van der Waals surface area contributed by atoms with Crippen LogP contribution in [0.15, 0.2) is 42.6 Å². The third kappa shape index (κ3) is 2.97. The number of imidazole rings is 1. The highest BCUT2D eigenvalue weighted by Crippen LogP contribution is 2.26. The highest BCUT2D eigenvalue weighted by atomic mass is 35.5. The molecule has 2 aromatic heterocycles. The number of halogens is 1. The van der Waals surface area contributed by atoms with Gasteiger partial charge in [-0.15, -0.1) is 0 Å². The number of fused-ring (bicyclic) bond motifs is 1. The van der Waals surface area contributed by atoms with E-state index in [1.54, 1.807) is 6.20 Å².